The van der Waals surface area contributed by atoms with Crippen LogP contribution in [0.2, 0.25) is 0 Å². The maximum absolute atomic E-state index is 2.72. The van der Waals surface area contributed by atoms with Gasteiger partial charge in [-0.3, -0.25) is 0 Å². The Balaban J connectivity index is 1.75. The van der Waals surface area contributed by atoms with E-state index in [0.717, 1.165) is 34.7 Å². The van der Waals surface area contributed by atoms with Crippen molar-refractivity contribution in [2.24, 2.45) is 35.0 Å². The number of hydrogen-bond acceptors (Lipinski definition) is 0. The highest BCUT2D eigenvalue weighted by Crippen LogP contribution is 2.67. The van der Waals surface area contributed by atoms with Crippen molar-refractivity contribution in [2.75, 3.05) is 6.66 Å². The molecule has 0 spiro atoms. The van der Waals surface area contributed by atoms with Gasteiger partial charge in [-0.1, -0.05) is 59.8 Å². The van der Waals surface area contributed by atoms with Crippen LogP contribution in [0.15, 0.2) is 0 Å². The van der Waals surface area contributed by atoms with Crippen LogP contribution in [0.5, 0.6) is 0 Å². The van der Waals surface area contributed by atoms with Crippen LogP contribution < -0.4 is 0 Å². The van der Waals surface area contributed by atoms with Gasteiger partial charge < -0.3 is 0 Å². The molecule has 7 unspecified atom stereocenters. The minimum atomic E-state index is 0.662. The first-order chi connectivity index (χ1) is 12.5. The molecule has 0 radical (unpaired) electrons. The molecule has 0 nitrogen and oxygen atoms in total. The fraction of sp³-hybridized carbons (Fsp3) is 1.00. The van der Waals surface area contributed by atoms with E-state index >= 15 is 0 Å². The van der Waals surface area contributed by atoms with Crippen LogP contribution in [0.3, 0.4) is 0 Å². The molecule has 26 heavy (non-hydrogen) atoms. The summed E-state index contributed by atoms with van der Waals surface area (Å²) >= 11 is 0. The van der Waals surface area contributed by atoms with Crippen LogP contribution in [0.25, 0.3) is 0 Å². The van der Waals surface area contributed by atoms with Crippen molar-refractivity contribution in [1.82, 2.24) is 0 Å². The van der Waals surface area contributed by atoms with E-state index in [1.165, 1.54) is 59.9 Å². The number of unbranched alkanes of at least 4 members (excludes halogenated alkanes) is 3. The van der Waals surface area contributed by atoms with Gasteiger partial charge in [-0.25, -0.2) is 0 Å². The fourth-order valence-electron chi connectivity index (χ4n) is 7.83. The third-order valence-corrected chi connectivity index (χ3v) is 11.2. The number of hydrogen-bond donors (Lipinski definition) is 0. The maximum atomic E-state index is 2.72. The van der Waals surface area contributed by atoms with E-state index in [9.17, 15) is 0 Å². The normalized spacial score (nSPS) is 43.6. The van der Waals surface area contributed by atoms with Crippen LogP contribution in [0, 0.1) is 35.0 Å². The van der Waals surface area contributed by atoms with Gasteiger partial charge in [0, 0.05) is 0 Å². The quantitative estimate of drug-likeness (QED) is 0.309. The highest BCUT2D eigenvalue weighted by Gasteiger charge is 2.58. The Kier molecular flexibility index (Phi) is 7.19. The first kappa shape index (κ1) is 21.1. The molecule has 0 aromatic heterocycles. The van der Waals surface area contributed by atoms with Crippen molar-refractivity contribution in [3.63, 3.8) is 0 Å². The lowest BCUT2D eigenvalue weighted by atomic mass is 9.48. The van der Waals surface area contributed by atoms with Gasteiger partial charge in [0.2, 0.25) is 0 Å². The predicted molar refractivity (Wildman–Crippen MR) is 120 cm³/mol. The van der Waals surface area contributed by atoms with Crippen molar-refractivity contribution in [3.05, 3.63) is 0 Å². The second kappa shape index (κ2) is 8.84. The molecule has 3 saturated carbocycles. The van der Waals surface area contributed by atoms with Crippen molar-refractivity contribution in [2.45, 2.75) is 116 Å². The van der Waals surface area contributed by atoms with E-state index < -0.39 is 0 Å². The zero-order chi connectivity index (χ0) is 18.8. The molecule has 0 saturated heterocycles. The Morgan fingerprint density at radius 2 is 1.81 bits per heavy atom. The summed E-state index contributed by atoms with van der Waals surface area (Å²) in [6.07, 6.45) is 19.7. The van der Waals surface area contributed by atoms with Crippen molar-refractivity contribution in [3.8, 4) is 0 Å². The molecule has 3 aliphatic carbocycles. The summed E-state index contributed by atoms with van der Waals surface area (Å²) in [6, 6.07) is 0. The third-order valence-electron chi connectivity index (χ3n) is 9.32. The molecule has 3 rings (SSSR count). The minimum absolute atomic E-state index is 0.662. The van der Waals surface area contributed by atoms with E-state index in [4.69, 9.17) is 0 Å². The SMILES string of the molecule is CCCCCCC1(C)CCCC2(PC)C3CCC(C(C)C)CC3CCC12. The first-order valence-electron chi connectivity index (χ1n) is 12.2. The van der Waals surface area contributed by atoms with E-state index in [1.807, 2.05) is 0 Å². The van der Waals surface area contributed by atoms with Crippen LogP contribution in [0.1, 0.15) is 111 Å². The predicted octanol–water partition coefficient (Wildman–Crippen LogP) is 8.29. The third kappa shape index (κ3) is 3.93. The van der Waals surface area contributed by atoms with Crippen molar-refractivity contribution in [1.29, 1.82) is 0 Å². The van der Waals surface area contributed by atoms with E-state index in [0.29, 0.717) is 5.41 Å². The summed E-state index contributed by atoms with van der Waals surface area (Å²) < 4.78 is 0. The summed E-state index contributed by atoms with van der Waals surface area (Å²) in [7, 11) is 1.18. The molecule has 3 fully saturated rings. The topological polar surface area (TPSA) is 0 Å². The Hall–Kier alpha value is 0.430. The highest BCUT2D eigenvalue weighted by atomic mass is 31.1. The summed E-state index contributed by atoms with van der Waals surface area (Å²) in [6.45, 7) is 12.6. The van der Waals surface area contributed by atoms with Gasteiger partial charge in [0.05, 0.1) is 0 Å². The van der Waals surface area contributed by atoms with Gasteiger partial charge >= 0.3 is 0 Å². The summed E-state index contributed by atoms with van der Waals surface area (Å²) in [5, 5.41) is 0.739. The molecule has 0 aliphatic heterocycles. The molecule has 0 aromatic rings. The van der Waals surface area contributed by atoms with E-state index in [2.05, 4.69) is 34.4 Å². The van der Waals surface area contributed by atoms with Gasteiger partial charge in [-0.05, 0) is 98.2 Å². The average Bonchev–Trinajstić information content (AvgIpc) is 2.64. The molecule has 0 aromatic carbocycles. The molecule has 0 amide bonds. The Bertz CT molecular complexity index is 443. The Morgan fingerprint density at radius 3 is 2.50 bits per heavy atom. The fourth-order valence-corrected chi connectivity index (χ4v) is 9.85. The van der Waals surface area contributed by atoms with Crippen molar-refractivity contribution < 1.29 is 0 Å². The lowest BCUT2D eigenvalue weighted by Crippen LogP contribution is -2.57. The average molecular weight is 379 g/mol. The molecule has 0 N–H and O–H groups in total. The van der Waals surface area contributed by atoms with Crippen LogP contribution in [-0.2, 0) is 0 Å². The zero-order valence-electron chi connectivity index (χ0n) is 18.6. The summed E-state index contributed by atoms with van der Waals surface area (Å²) in [5.74, 6) is 5.13. The maximum Gasteiger partial charge on any atom is -0.00601 e. The number of rotatable bonds is 7. The van der Waals surface area contributed by atoms with Crippen LogP contribution in [0.4, 0.5) is 0 Å². The smallest absolute Gasteiger partial charge is 0.00601 e. The van der Waals surface area contributed by atoms with Gasteiger partial charge in [-0.2, -0.15) is 0 Å². The molecule has 3 aliphatic rings. The second-order valence-electron chi connectivity index (χ2n) is 10.9. The molecule has 7 atom stereocenters. The van der Waals surface area contributed by atoms with Gasteiger partial charge in [-0.15, -0.1) is 8.58 Å². The molecule has 0 bridgehead atoms. The molecular formula is C25H47P. The van der Waals surface area contributed by atoms with Gasteiger partial charge in [0.1, 0.15) is 0 Å². The number of fused-ring (bicyclic) bond motifs is 3. The van der Waals surface area contributed by atoms with Gasteiger partial charge in [0.25, 0.3) is 0 Å². The molecular weight excluding hydrogens is 331 g/mol. The van der Waals surface area contributed by atoms with Crippen LogP contribution >= 0.6 is 8.58 Å². The second-order valence-corrected chi connectivity index (χ2v) is 12.4. The summed E-state index contributed by atoms with van der Waals surface area (Å²) in [4.78, 5) is 0. The van der Waals surface area contributed by atoms with E-state index in [-0.39, 0.29) is 0 Å². The minimum Gasteiger partial charge on any atom is -0.118 e. The molecule has 0 heterocycles. The largest absolute Gasteiger partial charge is 0.118 e. The monoisotopic (exact) mass is 378 g/mol. The highest BCUT2D eigenvalue weighted by molar-refractivity contribution is 7.39. The Labute approximate surface area is 166 Å². The molecule has 152 valence electrons. The summed E-state index contributed by atoms with van der Waals surface area (Å²) in [5.41, 5.74) is 0.662. The van der Waals surface area contributed by atoms with Gasteiger partial charge in [0.15, 0.2) is 0 Å². The standard InChI is InChI=1S/C25H47P/c1-6-7-8-9-15-24(4)16-10-17-25(26-5)22-13-11-20(19(2)3)18-21(22)12-14-23(24)25/h19-23,26H,6-18H2,1-5H3. The van der Waals surface area contributed by atoms with Crippen molar-refractivity contribution >= 4 is 8.58 Å². The Morgan fingerprint density at radius 1 is 1.00 bits per heavy atom. The lowest BCUT2D eigenvalue weighted by Gasteiger charge is -2.63. The lowest BCUT2D eigenvalue weighted by molar-refractivity contribution is -0.0424. The first-order valence-corrected chi connectivity index (χ1v) is 13.7. The van der Waals surface area contributed by atoms with E-state index in [1.54, 1.807) is 32.1 Å². The molecule has 1 heteroatoms. The van der Waals surface area contributed by atoms with Crippen LogP contribution in [-0.4, -0.2) is 11.8 Å². The zero-order valence-corrected chi connectivity index (χ0v) is 19.6.